The minimum Gasteiger partial charge on any atom is -0.495 e. The Morgan fingerprint density at radius 1 is 1.20 bits per heavy atom. The van der Waals surface area contributed by atoms with Crippen LogP contribution >= 0.6 is 11.3 Å². The van der Waals surface area contributed by atoms with Crippen LogP contribution in [0.4, 0.5) is 28.8 Å². The number of rotatable bonds is 8. The number of anilines is 5. The Morgan fingerprint density at radius 3 is 2.71 bits per heavy atom. The molecule has 3 heterocycles. The number of carbonyl (C=O) groups is 2. The maximum Gasteiger partial charge on any atom is 0.350 e. The molecule has 4 rings (SSSR count). The summed E-state index contributed by atoms with van der Waals surface area (Å²) in [4.78, 5) is 37.9. The third kappa shape index (κ3) is 5.20. The summed E-state index contributed by atoms with van der Waals surface area (Å²) in [6.45, 7) is 2.84. The number of hydrogen-bond donors (Lipinski definition) is 2. The SMILES string of the molecule is COC(=O)c1sccc1Nc1nc(Nc2cc3c(cc2OC)CCN3C(=O)CN(C)C)ncc1C. The number of esters is 1. The van der Waals surface area contributed by atoms with Gasteiger partial charge in [-0.15, -0.1) is 11.3 Å². The van der Waals surface area contributed by atoms with Crippen LogP contribution in [0.2, 0.25) is 0 Å². The topological polar surface area (TPSA) is 109 Å². The number of aromatic nitrogens is 2. The number of hydrogen-bond acceptors (Lipinski definition) is 10. The van der Waals surface area contributed by atoms with Gasteiger partial charge >= 0.3 is 5.97 Å². The molecule has 2 N–H and O–H groups in total. The summed E-state index contributed by atoms with van der Waals surface area (Å²) in [6.07, 6.45) is 2.46. The predicted molar refractivity (Wildman–Crippen MR) is 137 cm³/mol. The summed E-state index contributed by atoms with van der Waals surface area (Å²) >= 11 is 1.29. The van der Waals surface area contributed by atoms with Crippen LogP contribution in [0.5, 0.6) is 5.75 Å². The molecule has 0 bridgehead atoms. The summed E-state index contributed by atoms with van der Waals surface area (Å²) in [7, 11) is 6.70. The molecule has 1 aromatic carbocycles. The second-order valence-corrected chi connectivity index (χ2v) is 9.26. The number of methoxy groups -OCH3 is 2. The zero-order chi connectivity index (χ0) is 25.1. The number of ether oxygens (including phenoxy) is 2. The molecular weight excluding hydrogens is 468 g/mol. The Morgan fingerprint density at radius 2 is 2.00 bits per heavy atom. The Balaban J connectivity index is 1.62. The molecule has 0 radical (unpaired) electrons. The smallest absolute Gasteiger partial charge is 0.350 e. The van der Waals surface area contributed by atoms with Crippen LogP contribution in [-0.2, 0) is 16.0 Å². The first-order valence-electron chi connectivity index (χ1n) is 11.0. The maximum absolute atomic E-state index is 12.7. The van der Waals surface area contributed by atoms with Gasteiger partial charge < -0.3 is 29.9 Å². The first-order chi connectivity index (χ1) is 16.8. The molecule has 0 spiro atoms. The number of benzene rings is 1. The highest BCUT2D eigenvalue weighted by atomic mass is 32.1. The van der Waals surface area contributed by atoms with Crippen molar-refractivity contribution in [3.05, 3.63) is 45.8 Å². The molecule has 3 aromatic rings. The molecule has 0 unspecified atom stereocenters. The molecular formula is C24H28N6O4S. The van der Waals surface area contributed by atoms with Crippen LogP contribution in [-0.4, -0.2) is 68.1 Å². The molecule has 0 fully saturated rings. The monoisotopic (exact) mass is 496 g/mol. The Hall–Kier alpha value is -3.70. The number of nitrogens with one attached hydrogen (secondary N) is 2. The molecule has 0 aliphatic carbocycles. The van der Waals surface area contributed by atoms with Crippen molar-refractivity contribution in [1.29, 1.82) is 0 Å². The minimum atomic E-state index is -0.413. The number of thiophene rings is 1. The van der Waals surface area contributed by atoms with Gasteiger partial charge in [0.25, 0.3) is 0 Å². The van der Waals surface area contributed by atoms with E-state index < -0.39 is 5.97 Å². The van der Waals surface area contributed by atoms with Gasteiger partial charge in [0.05, 0.1) is 32.1 Å². The largest absolute Gasteiger partial charge is 0.495 e. The molecule has 11 heteroatoms. The van der Waals surface area contributed by atoms with Gasteiger partial charge in [-0.3, -0.25) is 4.79 Å². The van der Waals surface area contributed by atoms with E-state index in [1.54, 1.807) is 24.3 Å². The Bertz CT molecular complexity index is 1260. The Labute approximate surface area is 207 Å². The highest BCUT2D eigenvalue weighted by Crippen LogP contribution is 2.38. The van der Waals surface area contributed by atoms with Crippen molar-refractivity contribution >= 4 is 52.0 Å². The number of amides is 1. The van der Waals surface area contributed by atoms with Gasteiger partial charge in [0.15, 0.2) is 0 Å². The van der Waals surface area contributed by atoms with E-state index in [0.29, 0.717) is 46.9 Å². The van der Waals surface area contributed by atoms with Crippen molar-refractivity contribution in [2.75, 3.05) is 56.9 Å². The van der Waals surface area contributed by atoms with Gasteiger partial charge in [-0.1, -0.05) is 0 Å². The fourth-order valence-electron chi connectivity index (χ4n) is 3.83. The lowest BCUT2D eigenvalue weighted by Crippen LogP contribution is -2.36. The van der Waals surface area contributed by atoms with E-state index in [9.17, 15) is 9.59 Å². The second kappa shape index (κ2) is 10.3. The van der Waals surface area contributed by atoms with E-state index in [2.05, 4.69) is 20.6 Å². The molecule has 0 saturated heterocycles. The number of aryl methyl sites for hydroxylation is 1. The first-order valence-corrected chi connectivity index (χ1v) is 11.9. The molecule has 184 valence electrons. The van der Waals surface area contributed by atoms with Gasteiger partial charge in [-0.05, 0) is 56.6 Å². The van der Waals surface area contributed by atoms with Crippen molar-refractivity contribution in [2.45, 2.75) is 13.3 Å². The van der Waals surface area contributed by atoms with Crippen LogP contribution in [0.3, 0.4) is 0 Å². The van der Waals surface area contributed by atoms with Gasteiger partial charge in [-0.25, -0.2) is 9.78 Å². The molecule has 0 atom stereocenters. The molecule has 1 amide bonds. The Kier molecular flexibility index (Phi) is 7.17. The van der Waals surface area contributed by atoms with E-state index in [4.69, 9.17) is 9.47 Å². The predicted octanol–water partition coefficient (Wildman–Crippen LogP) is 3.58. The summed E-state index contributed by atoms with van der Waals surface area (Å²) in [5, 5.41) is 8.24. The molecule has 0 saturated carbocycles. The van der Waals surface area contributed by atoms with E-state index in [-0.39, 0.29) is 5.91 Å². The van der Waals surface area contributed by atoms with E-state index in [0.717, 1.165) is 23.2 Å². The maximum atomic E-state index is 12.7. The van der Waals surface area contributed by atoms with Crippen molar-refractivity contribution in [1.82, 2.24) is 14.9 Å². The quantitative estimate of drug-likeness (QED) is 0.452. The highest BCUT2D eigenvalue weighted by molar-refractivity contribution is 7.12. The van der Waals surface area contributed by atoms with E-state index >= 15 is 0 Å². The lowest BCUT2D eigenvalue weighted by molar-refractivity contribution is -0.119. The number of fused-ring (bicyclic) bond motifs is 1. The fourth-order valence-corrected chi connectivity index (χ4v) is 4.60. The lowest BCUT2D eigenvalue weighted by Gasteiger charge is -2.21. The molecule has 1 aliphatic rings. The standard InChI is InChI=1S/C24H28N6O4S/c1-14-12-25-24(28-22(14)26-16-7-9-35-21(16)23(32)34-5)27-17-11-18-15(10-19(17)33-4)6-8-30(18)20(31)13-29(2)3/h7,9-12H,6,8,13H2,1-5H3,(H2,25,26,27,28). The second-order valence-electron chi connectivity index (χ2n) is 8.34. The zero-order valence-electron chi connectivity index (χ0n) is 20.3. The van der Waals surface area contributed by atoms with E-state index in [1.807, 2.05) is 43.4 Å². The fraction of sp³-hybridized carbons (Fsp3) is 0.333. The van der Waals surface area contributed by atoms with Gasteiger partial charge in [0.2, 0.25) is 11.9 Å². The zero-order valence-corrected chi connectivity index (χ0v) is 21.2. The summed E-state index contributed by atoms with van der Waals surface area (Å²) in [5.74, 6) is 1.16. The number of likely N-dealkylation sites (N-methyl/N-ethyl adjacent to an activating group) is 1. The van der Waals surface area contributed by atoms with Crippen LogP contribution < -0.4 is 20.3 Å². The van der Waals surface area contributed by atoms with Crippen molar-refractivity contribution in [2.24, 2.45) is 0 Å². The summed E-state index contributed by atoms with van der Waals surface area (Å²) in [5.41, 5.74) is 3.97. The molecule has 2 aromatic heterocycles. The van der Waals surface area contributed by atoms with Crippen molar-refractivity contribution < 1.29 is 19.1 Å². The third-order valence-corrected chi connectivity index (χ3v) is 6.45. The third-order valence-electron chi connectivity index (χ3n) is 5.56. The average Bonchev–Trinajstić information content (AvgIpc) is 3.46. The van der Waals surface area contributed by atoms with Gasteiger partial charge in [-0.2, -0.15) is 4.98 Å². The highest BCUT2D eigenvalue weighted by Gasteiger charge is 2.27. The molecule has 35 heavy (non-hydrogen) atoms. The van der Waals surface area contributed by atoms with Crippen LogP contribution in [0, 0.1) is 6.92 Å². The van der Waals surface area contributed by atoms with Crippen molar-refractivity contribution in [3.63, 3.8) is 0 Å². The first kappa shape index (κ1) is 24.4. The molecule has 10 nitrogen and oxygen atoms in total. The minimum absolute atomic E-state index is 0.0418. The van der Waals surface area contributed by atoms with Crippen LogP contribution in [0.25, 0.3) is 0 Å². The summed E-state index contributed by atoms with van der Waals surface area (Å²) < 4.78 is 10.5. The number of carbonyl (C=O) groups excluding carboxylic acids is 2. The van der Waals surface area contributed by atoms with Gasteiger partial charge in [0.1, 0.15) is 16.4 Å². The number of nitrogens with zero attached hydrogens (tertiary/aromatic N) is 4. The normalized spacial score (nSPS) is 12.5. The average molecular weight is 497 g/mol. The van der Waals surface area contributed by atoms with E-state index in [1.165, 1.54) is 18.4 Å². The molecule has 1 aliphatic heterocycles. The van der Waals surface area contributed by atoms with Gasteiger partial charge in [0, 0.05) is 24.0 Å². The van der Waals surface area contributed by atoms with Crippen LogP contribution in [0.1, 0.15) is 20.8 Å². The summed E-state index contributed by atoms with van der Waals surface area (Å²) in [6, 6.07) is 5.65. The van der Waals surface area contributed by atoms with Crippen LogP contribution in [0.15, 0.2) is 29.8 Å². The lowest BCUT2D eigenvalue weighted by atomic mass is 10.1. The van der Waals surface area contributed by atoms with Crippen molar-refractivity contribution in [3.8, 4) is 5.75 Å².